The molecule has 4 rings (SSSR count). The first-order chi connectivity index (χ1) is 16.1. The highest BCUT2D eigenvalue weighted by Gasteiger charge is 2.37. The van der Waals surface area contributed by atoms with E-state index in [-0.39, 0.29) is 10.9 Å². The highest BCUT2D eigenvalue weighted by molar-refractivity contribution is 8.04. The number of thiophene rings is 2. The van der Waals surface area contributed by atoms with Crippen LogP contribution >= 0.6 is 34.4 Å². The molecule has 0 N–H and O–H groups in total. The third-order valence-electron chi connectivity index (χ3n) is 3.96. The van der Waals surface area contributed by atoms with E-state index >= 15 is 0 Å². The standard InChI is InChI=1S/C21H17OS4.CHF3O3S/c1-22-18-12-13-19(23-18)24-20-14-15-21(25-20)26(16-8-4-2-5-9-16)17-10-6-3-7-11-17;2-1(3,4)8(5,6)7/h2-15H,1H3;(H,5,6,7)/q+1;/p-1. The summed E-state index contributed by atoms with van der Waals surface area (Å²) in [6, 6.07) is 30.2. The quantitative estimate of drug-likeness (QED) is 0.142. The Hall–Kier alpha value is -1.96. The zero-order valence-corrected chi connectivity index (χ0v) is 21.5. The number of ether oxygens (including phenoxy) is 1. The van der Waals surface area contributed by atoms with Gasteiger partial charge in [0.25, 0.3) is 0 Å². The first kappa shape index (κ1) is 26.6. The van der Waals surface area contributed by atoms with Gasteiger partial charge in [0.2, 0.25) is 4.21 Å². The van der Waals surface area contributed by atoms with Crippen LogP contribution in [0.15, 0.2) is 107 Å². The fraction of sp³-hybridized carbons (Fsp3) is 0.0909. The summed E-state index contributed by atoms with van der Waals surface area (Å²) in [7, 11) is -4.44. The fourth-order valence-corrected chi connectivity index (χ4v) is 8.69. The third-order valence-corrected chi connectivity index (χ3v) is 10.5. The van der Waals surface area contributed by atoms with Gasteiger partial charge in [0.1, 0.15) is 10.9 Å². The molecule has 0 radical (unpaired) electrons. The number of hydrogen-bond acceptors (Lipinski definition) is 7. The molecule has 0 saturated carbocycles. The Morgan fingerprint density at radius 1 is 0.824 bits per heavy atom. The lowest BCUT2D eigenvalue weighted by atomic mass is 10.4. The average Bonchev–Trinajstić information content (AvgIpc) is 3.44. The zero-order valence-electron chi connectivity index (χ0n) is 17.4. The second kappa shape index (κ2) is 11.6. The molecule has 0 unspecified atom stereocenters. The monoisotopic (exact) mass is 562 g/mol. The number of rotatable bonds is 6. The summed E-state index contributed by atoms with van der Waals surface area (Å²) in [5.41, 5.74) is -5.65. The molecule has 0 fully saturated rings. The van der Waals surface area contributed by atoms with Crippen LogP contribution in [0.25, 0.3) is 0 Å². The van der Waals surface area contributed by atoms with Crippen LogP contribution in [0.1, 0.15) is 0 Å². The molecule has 0 spiro atoms. The zero-order chi connectivity index (χ0) is 24.8. The van der Waals surface area contributed by atoms with Gasteiger partial charge >= 0.3 is 5.51 Å². The van der Waals surface area contributed by atoms with E-state index in [2.05, 4.69) is 78.9 Å². The molecule has 34 heavy (non-hydrogen) atoms. The van der Waals surface area contributed by atoms with E-state index in [4.69, 9.17) is 17.7 Å². The van der Waals surface area contributed by atoms with Crippen molar-refractivity contribution in [3.8, 4) is 5.06 Å². The smallest absolute Gasteiger partial charge is 0.485 e. The maximum atomic E-state index is 10.7. The number of methoxy groups -OCH3 is 1. The van der Waals surface area contributed by atoms with Crippen molar-refractivity contribution in [1.29, 1.82) is 0 Å². The van der Waals surface area contributed by atoms with Gasteiger partial charge in [0.15, 0.2) is 25.0 Å². The topological polar surface area (TPSA) is 66.4 Å². The molecule has 12 heteroatoms. The molecule has 0 saturated heterocycles. The van der Waals surface area contributed by atoms with E-state index in [9.17, 15) is 13.2 Å². The highest BCUT2D eigenvalue weighted by Crippen LogP contribution is 2.43. The molecule has 2 aromatic heterocycles. The second-order valence-electron chi connectivity index (χ2n) is 6.29. The molecule has 0 atom stereocenters. The summed E-state index contributed by atoms with van der Waals surface area (Å²) in [5, 5.41) is 0.956. The Balaban J connectivity index is 0.000000350. The molecule has 0 aliphatic rings. The Kier molecular flexibility index (Phi) is 9.13. The Morgan fingerprint density at radius 2 is 1.29 bits per heavy atom. The van der Waals surface area contributed by atoms with Crippen LogP contribution in [0, 0.1) is 0 Å². The number of hydrogen-bond donors (Lipinski definition) is 0. The number of halogens is 3. The molecule has 0 bridgehead atoms. The van der Waals surface area contributed by atoms with Crippen molar-refractivity contribution in [2.24, 2.45) is 0 Å². The minimum absolute atomic E-state index is 0.0643. The molecular formula is C22H17F3O4S5. The van der Waals surface area contributed by atoms with Gasteiger partial charge in [0, 0.05) is 6.07 Å². The Labute approximate surface area is 210 Å². The molecule has 4 nitrogen and oxygen atoms in total. The minimum Gasteiger partial charge on any atom is -0.741 e. The first-order valence-corrected chi connectivity index (χ1v) is 14.4. The van der Waals surface area contributed by atoms with Gasteiger partial charge in [-0.05, 0) is 42.5 Å². The number of benzene rings is 2. The maximum Gasteiger partial charge on any atom is 0.485 e. The minimum atomic E-state index is -6.09. The van der Waals surface area contributed by atoms with Crippen molar-refractivity contribution >= 4 is 55.4 Å². The largest absolute Gasteiger partial charge is 0.741 e. The highest BCUT2D eigenvalue weighted by atomic mass is 32.2. The van der Waals surface area contributed by atoms with Gasteiger partial charge in [-0.15, -0.1) is 0 Å². The summed E-state index contributed by atoms with van der Waals surface area (Å²) in [6.45, 7) is 0. The lowest BCUT2D eigenvalue weighted by Crippen LogP contribution is -2.21. The predicted molar refractivity (Wildman–Crippen MR) is 130 cm³/mol. The van der Waals surface area contributed by atoms with Crippen molar-refractivity contribution in [3.63, 3.8) is 0 Å². The van der Waals surface area contributed by atoms with Crippen LogP contribution in [-0.4, -0.2) is 25.6 Å². The van der Waals surface area contributed by atoms with Crippen molar-refractivity contribution in [2.75, 3.05) is 7.11 Å². The van der Waals surface area contributed by atoms with E-state index in [1.54, 1.807) is 18.4 Å². The van der Waals surface area contributed by atoms with Crippen LogP contribution in [0.2, 0.25) is 0 Å². The molecule has 0 aliphatic carbocycles. The summed E-state index contributed by atoms with van der Waals surface area (Å²) in [4.78, 5) is 2.71. The van der Waals surface area contributed by atoms with Gasteiger partial charge in [-0.25, -0.2) is 8.42 Å². The molecule has 0 amide bonds. The van der Waals surface area contributed by atoms with Crippen LogP contribution in [0.5, 0.6) is 5.06 Å². The van der Waals surface area contributed by atoms with Crippen LogP contribution in [0.4, 0.5) is 13.2 Å². The van der Waals surface area contributed by atoms with Gasteiger partial charge in [-0.1, -0.05) is 70.8 Å². The van der Waals surface area contributed by atoms with E-state index in [1.165, 1.54) is 22.4 Å². The van der Waals surface area contributed by atoms with Gasteiger partial charge < -0.3 is 9.29 Å². The summed E-state index contributed by atoms with van der Waals surface area (Å²) >= 11 is 5.39. The molecule has 2 heterocycles. The third kappa shape index (κ3) is 7.27. The van der Waals surface area contributed by atoms with Crippen molar-refractivity contribution < 1.29 is 30.9 Å². The summed E-state index contributed by atoms with van der Waals surface area (Å²) in [5.74, 6) is 0. The Morgan fingerprint density at radius 3 is 1.74 bits per heavy atom. The van der Waals surface area contributed by atoms with Crippen LogP contribution < -0.4 is 4.74 Å². The van der Waals surface area contributed by atoms with Gasteiger partial charge in [0.05, 0.1) is 15.5 Å². The van der Waals surface area contributed by atoms with Crippen molar-refractivity contribution in [1.82, 2.24) is 0 Å². The lowest BCUT2D eigenvalue weighted by molar-refractivity contribution is -0.0517. The van der Waals surface area contributed by atoms with Gasteiger partial charge in [-0.2, -0.15) is 13.2 Å². The second-order valence-corrected chi connectivity index (χ2v) is 13.6. The van der Waals surface area contributed by atoms with E-state index in [0.717, 1.165) is 5.06 Å². The van der Waals surface area contributed by atoms with E-state index in [1.807, 2.05) is 29.2 Å². The predicted octanol–water partition coefficient (Wildman–Crippen LogP) is 7.12. The summed E-state index contributed by atoms with van der Waals surface area (Å²) in [6.07, 6.45) is 0. The molecule has 180 valence electrons. The van der Waals surface area contributed by atoms with Crippen LogP contribution in [0.3, 0.4) is 0 Å². The molecule has 0 aliphatic heterocycles. The Bertz CT molecular complexity index is 1250. The lowest BCUT2D eigenvalue weighted by Gasteiger charge is -2.08. The molecule has 4 aromatic rings. The normalized spacial score (nSPS) is 11.7. The van der Waals surface area contributed by atoms with E-state index in [0.29, 0.717) is 0 Å². The maximum absolute atomic E-state index is 10.7. The SMILES string of the molecule is COc1ccc(Sc2ccc([S+](c3ccccc3)c3ccccc3)s2)s1.O=S(=O)([O-])C(F)(F)F. The summed E-state index contributed by atoms with van der Waals surface area (Å²) < 4.78 is 68.2. The molecular weight excluding hydrogens is 546 g/mol. The van der Waals surface area contributed by atoms with Gasteiger partial charge in [-0.3, -0.25) is 0 Å². The van der Waals surface area contributed by atoms with Crippen molar-refractivity contribution in [2.45, 2.75) is 27.9 Å². The first-order valence-electron chi connectivity index (χ1n) is 9.36. The molecule has 2 aromatic carbocycles. The number of alkyl halides is 3. The van der Waals surface area contributed by atoms with Crippen LogP contribution in [-0.2, 0) is 21.0 Å². The van der Waals surface area contributed by atoms with Crippen molar-refractivity contribution in [3.05, 3.63) is 84.9 Å². The average molecular weight is 563 g/mol. The van der Waals surface area contributed by atoms with E-state index < -0.39 is 15.6 Å². The fourth-order valence-electron chi connectivity index (χ4n) is 2.52.